The molecule has 2 aromatic carbocycles. The molecule has 0 fully saturated rings. The second-order valence-electron chi connectivity index (χ2n) is 4.49. The van der Waals surface area contributed by atoms with Crippen LogP contribution in [0.5, 0.6) is 0 Å². The summed E-state index contributed by atoms with van der Waals surface area (Å²) in [6.45, 7) is 0. The van der Waals surface area contributed by atoms with E-state index in [9.17, 15) is 18.7 Å². The van der Waals surface area contributed by atoms with Gasteiger partial charge in [-0.3, -0.25) is 0 Å². The van der Waals surface area contributed by atoms with Crippen molar-refractivity contribution in [3.05, 3.63) is 69.6 Å². The summed E-state index contributed by atoms with van der Waals surface area (Å²) >= 11 is 0. The van der Waals surface area contributed by atoms with Gasteiger partial charge in [0.1, 0.15) is 17.7 Å². The van der Waals surface area contributed by atoms with Crippen molar-refractivity contribution in [2.75, 3.05) is 0 Å². The fourth-order valence-electron chi connectivity index (χ4n) is 2.15. The van der Waals surface area contributed by atoms with E-state index in [0.29, 0.717) is 16.6 Å². The minimum Gasteiger partial charge on any atom is -0.384 e. The molecule has 3 rings (SSSR count). The van der Waals surface area contributed by atoms with Crippen LogP contribution < -0.4 is 5.69 Å². The van der Waals surface area contributed by atoms with Crippen molar-refractivity contribution in [2.24, 2.45) is 0 Å². The number of aliphatic hydroxyl groups is 1. The molecule has 0 aliphatic carbocycles. The highest BCUT2D eigenvalue weighted by Crippen LogP contribution is 2.25. The van der Waals surface area contributed by atoms with Crippen LogP contribution in [0.3, 0.4) is 0 Å². The number of aliphatic hydroxyl groups excluding tert-OH is 1. The maximum Gasteiger partial charge on any atom is 0.323 e. The van der Waals surface area contributed by atoms with Gasteiger partial charge in [0.25, 0.3) is 0 Å². The highest BCUT2D eigenvalue weighted by atomic mass is 19.1. The van der Waals surface area contributed by atoms with Gasteiger partial charge < -0.3 is 15.1 Å². The summed E-state index contributed by atoms with van der Waals surface area (Å²) in [4.78, 5) is 16.3. The molecule has 1 atom stereocenters. The summed E-state index contributed by atoms with van der Waals surface area (Å²) in [5.41, 5.74) is 1.29. The normalized spacial score (nSPS) is 12.8. The Kier molecular flexibility index (Phi) is 2.87. The van der Waals surface area contributed by atoms with E-state index in [4.69, 9.17) is 0 Å². The van der Waals surface area contributed by atoms with Crippen LogP contribution in [0.1, 0.15) is 17.2 Å². The molecular formula is C14H10F2N2O2. The van der Waals surface area contributed by atoms with E-state index in [1.165, 1.54) is 0 Å². The Balaban J connectivity index is 2.06. The Morgan fingerprint density at radius 1 is 0.900 bits per heavy atom. The molecule has 1 aromatic heterocycles. The number of hydrogen-bond donors (Lipinski definition) is 3. The monoisotopic (exact) mass is 276 g/mol. The number of fused-ring (bicyclic) bond motifs is 1. The first-order chi connectivity index (χ1) is 9.52. The topological polar surface area (TPSA) is 68.9 Å². The standard InChI is InChI=1S/C14H10F2N2O2/c15-9-3-8(4-10(16)6-9)13(19)7-1-2-11-12(5-7)18-14(20)17-11/h1-6,13,19H,(H2,17,18,20). The Hall–Kier alpha value is -2.47. The number of imidazole rings is 1. The number of halogens is 2. The molecule has 0 bridgehead atoms. The van der Waals surface area contributed by atoms with Crippen LogP contribution in [0.2, 0.25) is 0 Å². The Bertz CT molecular complexity index is 818. The first kappa shape index (κ1) is 12.6. The quantitative estimate of drug-likeness (QED) is 0.671. The van der Waals surface area contributed by atoms with Gasteiger partial charge >= 0.3 is 5.69 Å². The molecule has 0 aliphatic heterocycles. The van der Waals surface area contributed by atoms with Crippen molar-refractivity contribution in [3.8, 4) is 0 Å². The molecule has 1 heterocycles. The zero-order chi connectivity index (χ0) is 14.3. The lowest BCUT2D eigenvalue weighted by Gasteiger charge is -2.11. The third-order valence-electron chi connectivity index (χ3n) is 3.06. The van der Waals surface area contributed by atoms with Gasteiger partial charge in [-0.1, -0.05) is 6.07 Å². The van der Waals surface area contributed by atoms with Crippen molar-refractivity contribution in [1.82, 2.24) is 9.97 Å². The fourth-order valence-corrected chi connectivity index (χ4v) is 2.15. The lowest BCUT2D eigenvalue weighted by atomic mass is 10.0. The SMILES string of the molecule is O=c1[nH]c2ccc(C(O)c3cc(F)cc(F)c3)cc2[nH]1. The second kappa shape index (κ2) is 4.57. The molecule has 0 spiro atoms. The number of hydrogen-bond acceptors (Lipinski definition) is 2. The molecule has 1 unspecified atom stereocenters. The zero-order valence-corrected chi connectivity index (χ0v) is 10.2. The van der Waals surface area contributed by atoms with E-state index < -0.39 is 17.7 Å². The number of aromatic nitrogens is 2. The van der Waals surface area contributed by atoms with E-state index in [1.54, 1.807) is 18.2 Å². The van der Waals surface area contributed by atoms with Gasteiger partial charge in [-0.2, -0.15) is 0 Å². The summed E-state index contributed by atoms with van der Waals surface area (Å²) in [5, 5.41) is 10.2. The molecular weight excluding hydrogens is 266 g/mol. The predicted molar refractivity (Wildman–Crippen MR) is 69.3 cm³/mol. The Labute approximate surface area is 111 Å². The summed E-state index contributed by atoms with van der Waals surface area (Å²) in [6, 6.07) is 7.63. The number of nitrogens with one attached hydrogen (secondary N) is 2. The van der Waals surface area contributed by atoms with Gasteiger partial charge in [-0.15, -0.1) is 0 Å². The largest absolute Gasteiger partial charge is 0.384 e. The van der Waals surface area contributed by atoms with Crippen LogP contribution in [-0.2, 0) is 0 Å². The molecule has 0 saturated carbocycles. The number of H-pyrrole nitrogens is 2. The highest BCUT2D eigenvalue weighted by Gasteiger charge is 2.14. The lowest BCUT2D eigenvalue weighted by Crippen LogP contribution is -2.01. The van der Waals surface area contributed by atoms with E-state index in [1.807, 2.05) is 0 Å². The van der Waals surface area contributed by atoms with Crippen molar-refractivity contribution in [2.45, 2.75) is 6.10 Å². The van der Waals surface area contributed by atoms with Crippen molar-refractivity contribution in [3.63, 3.8) is 0 Å². The highest BCUT2D eigenvalue weighted by molar-refractivity contribution is 5.75. The van der Waals surface area contributed by atoms with Gasteiger partial charge in [0.2, 0.25) is 0 Å². The molecule has 0 amide bonds. The Morgan fingerprint density at radius 2 is 1.55 bits per heavy atom. The van der Waals surface area contributed by atoms with Gasteiger partial charge in [0, 0.05) is 6.07 Å². The molecule has 4 nitrogen and oxygen atoms in total. The number of aromatic amines is 2. The number of rotatable bonds is 2. The third kappa shape index (κ3) is 2.21. The first-order valence-corrected chi connectivity index (χ1v) is 5.89. The molecule has 0 aliphatic rings. The van der Waals surface area contributed by atoms with Gasteiger partial charge in [0.15, 0.2) is 0 Å². The molecule has 102 valence electrons. The lowest BCUT2D eigenvalue weighted by molar-refractivity contribution is 0.219. The molecule has 3 N–H and O–H groups in total. The van der Waals surface area contributed by atoms with E-state index >= 15 is 0 Å². The molecule has 6 heteroatoms. The second-order valence-corrected chi connectivity index (χ2v) is 4.49. The van der Waals surface area contributed by atoms with Crippen molar-refractivity contribution >= 4 is 11.0 Å². The first-order valence-electron chi connectivity index (χ1n) is 5.89. The van der Waals surface area contributed by atoms with E-state index in [2.05, 4.69) is 9.97 Å². The van der Waals surface area contributed by atoms with E-state index in [0.717, 1.165) is 18.2 Å². The van der Waals surface area contributed by atoms with Gasteiger partial charge in [-0.05, 0) is 35.4 Å². The van der Waals surface area contributed by atoms with Crippen LogP contribution in [0.4, 0.5) is 8.78 Å². The molecule has 3 aromatic rings. The fraction of sp³-hybridized carbons (Fsp3) is 0.0714. The van der Waals surface area contributed by atoms with Crippen LogP contribution in [0.15, 0.2) is 41.2 Å². The number of benzene rings is 2. The minimum absolute atomic E-state index is 0.111. The summed E-state index contributed by atoms with van der Waals surface area (Å²) < 4.78 is 26.3. The third-order valence-corrected chi connectivity index (χ3v) is 3.06. The van der Waals surface area contributed by atoms with Gasteiger partial charge in [0.05, 0.1) is 11.0 Å². The molecule has 20 heavy (non-hydrogen) atoms. The maximum absolute atomic E-state index is 13.2. The van der Waals surface area contributed by atoms with Crippen LogP contribution in [-0.4, -0.2) is 15.1 Å². The summed E-state index contributed by atoms with van der Waals surface area (Å²) in [7, 11) is 0. The summed E-state index contributed by atoms with van der Waals surface area (Å²) in [6.07, 6.45) is -1.18. The smallest absolute Gasteiger partial charge is 0.323 e. The van der Waals surface area contributed by atoms with Crippen LogP contribution >= 0.6 is 0 Å². The molecule has 0 radical (unpaired) electrons. The minimum atomic E-state index is -1.18. The average Bonchev–Trinajstić information content (AvgIpc) is 2.75. The average molecular weight is 276 g/mol. The van der Waals surface area contributed by atoms with Crippen LogP contribution in [0.25, 0.3) is 11.0 Å². The van der Waals surface area contributed by atoms with Crippen LogP contribution in [0, 0.1) is 11.6 Å². The van der Waals surface area contributed by atoms with Crippen molar-refractivity contribution < 1.29 is 13.9 Å². The predicted octanol–water partition coefficient (Wildman–Crippen LogP) is 2.22. The summed E-state index contributed by atoms with van der Waals surface area (Å²) in [5.74, 6) is -1.51. The van der Waals surface area contributed by atoms with Gasteiger partial charge in [-0.25, -0.2) is 13.6 Å². The van der Waals surface area contributed by atoms with E-state index in [-0.39, 0.29) is 11.3 Å². The zero-order valence-electron chi connectivity index (χ0n) is 10.2. The van der Waals surface area contributed by atoms with Crippen molar-refractivity contribution in [1.29, 1.82) is 0 Å². The Morgan fingerprint density at radius 3 is 2.25 bits per heavy atom. The molecule has 0 saturated heterocycles. The maximum atomic E-state index is 13.2.